The fourth-order valence-corrected chi connectivity index (χ4v) is 8.93. The van der Waals surface area contributed by atoms with Crippen LogP contribution in [0.25, 0.3) is 0 Å². The predicted octanol–water partition coefficient (Wildman–Crippen LogP) is 6.66. The Labute approximate surface area is 203 Å². The van der Waals surface area contributed by atoms with Gasteiger partial charge in [0.05, 0.1) is 0 Å². The second kappa shape index (κ2) is 9.91. The van der Waals surface area contributed by atoms with Gasteiger partial charge in [-0.1, -0.05) is 52.2 Å². The average molecular weight is 459 g/mol. The van der Waals surface area contributed by atoms with Crippen LogP contribution < -0.4 is 5.32 Å². The molecule has 33 heavy (non-hydrogen) atoms. The maximum absolute atomic E-state index is 12.3. The molecule has 3 saturated carbocycles. The Bertz CT molecular complexity index is 733. The minimum atomic E-state index is -0.244. The number of hydrogen-bond acceptors (Lipinski definition) is 3. The Hall–Kier alpha value is -1.03. The van der Waals surface area contributed by atoms with E-state index in [0.29, 0.717) is 17.4 Å². The first kappa shape index (κ1) is 25.1. The molecule has 0 aromatic heterocycles. The van der Waals surface area contributed by atoms with Crippen LogP contribution in [0.1, 0.15) is 91.9 Å². The Balaban J connectivity index is 1.41. The molecule has 0 aromatic rings. The molecule has 1 amide bonds. The molecule has 4 aliphatic rings. The highest BCUT2D eigenvalue weighted by molar-refractivity contribution is 5.67. The zero-order valence-corrected chi connectivity index (χ0v) is 22.3. The predicted molar refractivity (Wildman–Crippen MR) is 136 cm³/mol. The lowest BCUT2D eigenvalue weighted by molar-refractivity contribution is -0.0580. The number of amides is 1. The molecule has 8 atom stereocenters. The fraction of sp³-hybridized carbons (Fsp3) is 0.897. The van der Waals surface area contributed by atoms with Gasteiger partial charge in [0, 0.05) is 19.5 Å². The van der Waals surface area contributed by atoms with Crippen molar-refractivity contribution < 1.29 is 9.53 Å². The van der Waals surface area contributed by atoms with Crippen molar-refractivity contribution in [1.29, 1.82) is 0 Å². The standard InChI is InChI=1S/C29H50N2O2/c1-7-8-20(2)24-11-12-25-23-10-9-21-19-22(33-27(32)30-17-18-31(5)6)13-15-28(21,3)26(23)14-16-29(24,25)4/h9,20,22-26H,7-8,10-19H2,1-6H3,(H,30,32)/t20?,22?,23?,24?,25?,26?,28-,29+/m0/s1. The summed E-state index contributed by atoms with van der Waals surface area (Å²) in [5, 5.41) is 2.92. The first-order chi connectivity index (χ1) is 15.7. The molecular formula is C29H50N2O2. The van der Waals surface area contributed by atoms with E-state index in [2.05, 4.69) is 44.0 Å². The van der Waals surface area contributed by atoms with E-state index < -0.39 is 0 Å². The summed E-state index contributed by atoms with van der Waals surface area (Å²) in [6, 6.07) is 0. The second-order valence-electron chi connectivity index (χ2n) is 12.8. The molecule has 188 valence electrons. The van der Waals surface area contributed by atoms with Crippen molar-refractivity contribution in [3.8, 4) is 0 Å². The quantitative estimate of drug-likeness (QED) is 0.434. The molecule has 0 saturated heterocycles. The summed E-state index contributed by atoms with van der Waals surface area (Å²) < 4.78 is 5.84. The number of carbonyl (C=O) groups is 1. The Kier molecular flexibility index (Phi) is 7.53. The number of fused-ring (bicyclic) bond motifs is 5. The van der Waals surface area contributed by atoms with Crippen molar-refractivity contribution in [1.82, 2.24) is 10.2 Å². The number of carbonyl (C=O) groups excluding carboxylic acids is 1. The largest absolute Gasteiger partial charge is 0.446 e. The van der Waals surface area contributed by atoms with Gasteiger partial charge in [-0.2, -0.15) is 0 Å². The van der Waals surface area contributed by atoms with Gasteiger partial charge in [-0.15, -0.1) is 0 Å². The van der Waals surface area contributed by atoms with Crippen LogP contribution in [0, 0.1) is 40.4 Å². The van der Waals surface area contributed by atoms with E-state index in [1.807, 2.05) is 14.1 Å². The Morgan fingerprint density at radius 1 is 1.18 bits per heavy atom. The number of rotatable bonds is 7. The van der Waals surface area contributed by atoms with Crippen LogP contribution in [0.3, 0.4) is 0 Å². The highest BCUT2D eigenvalue weighted by Gasteiger charge is 2.59. The molecule has 4 nitrogen and oxygen atoms in total. The Morgan fingerprint density at radius 3 is 2.70 bits per heavy atom. The molecule has 3 fully saturated rings. The monoisotopic (exact) mass is 458 g/mol. The topological polar surface area (TPSA) is 41.6 Å². The number of ether oxygens (including phenoxy) is 1. The molecule has 0 radical (unpaired) electrons. The van der Waals surface area contributed by atoms with E-state index in [-0.39, 0.29) is 12.2 Å². The number of alkyl carbamates (subject to hydrolysis) is 1. The molecule has 4 rings (SSSR count). The maximum Gasteiger partial charge on any atom is 0.407 e. The first-order valence-corrected chi connectivity index (χ1v) is 14.0. The van der Waals surface area contributed by atoms with Crippen molar-refractivity contribution in [2.75, 3.05) is 27.2 Å². The van der Waals surface area contributed by atoms with Crippen LogP contribution in [0.4, 0.5) is 4.79 Å². The normalized spacial score (nSPS) is 40.9. The molecule has 4 aliphatic carbocycles. The van der Waals surface area contributed by atoms with Crippen LogP contribution in [-0.2, 0) is 4.74 Å². The number of likely N-dealkylation sites (N-methyl/N-ethyl adjacent to an activating group) is 1. The Morgan fingerprint density at radius 2 is 1.97 bits per heavy atom. The van der Waals surface area contributed by atoms with Gasteiger partial charge in [0.15, 0.2) is 0 Å². The summed E-state index contributed by atoms with van der Waals surface area (Å²) in [5.74, 6) is 4.40. The summed E-state index contributed by atoms with van der Waals surface area (Å²) in [4.78, 5) is 14.4. The van der Waals surface area contributed by atoms with E-state index in [9.17, 15) is 4.79 Å². The van der Waals surface area contributed by atoms with Crippen molar-refractivity contribution in [2.24, 2.45) is 40.4 Å². The number of hydrogen-bond donors (Lipinski definition) is 1. The average Bonchev–Trinajstić information content (AvgIpc) is 3.11. The van der Waals surface area contributed by atoms with Crippen LogP contribution in [-0.4, -0.2) is 44.3 Å². The van der Waals surface area contributed by atoms with Gasteiger partial charge in [-0.05, 0) is 99.5 Å². The minimum absolute atomic E-state index is 0.0415. The minimum Gasteiger partial charge on any atom is -0.446 e. The fourth-order valence-electron chi connectivity index (χ4n) is 8.93. The summed E-state index contributed by atoms with van der Waals surface area (Å²) in [6.45, 7) is 11.6. The number of nitrogens with one attached hydrogen (secondary N) is 1. The second-order valence-corrected chi connectivity index (χ2v) is 12.8. The van der Waals surface area contributed by atoms with Gasteiger partial charge in [0.25, 0.3) is 0 Å². The molecule has 1 N–H and O–H groups in total. The van der Waals surface area contributed by atoms with Gasteiger partial charge in [0.1, 0.15) is 6.10 Å². The lowest BCUT2D eigenvalue weighted by atomic mass is 9.47. The third-order valence-electron chi connectivity index (χ3n) is 10.7. The number of allylic oxidation sites excluding steroid dienone is 1. The maximum atomic E-state index is 12.3. The zero-order valence-electron chi connectivity index (χ0n) is 22.3. The first-order valence-electron chi connectivity index (χ1n) is 14.0. The summed E-state index contributed by atoms with van der Waals surface area (Å²) >= 11 is 0. The van der Waals surface area contributed by atoms with E-state index >= 15 is 0 Å². The van der Waals surface area contributed by atoms with E-state index in [1.54, 1.807) is 5.57 Å². The summed E-state index contributed by atoms with van der Waals surface area (Å²) in [7, 11) is 4.03. The van der Waals surface area contributed by atoms with Gasteiger partial charge < -0.3 is 15.0 Å². The SMILES string of the molecule is CCCC(C)C1CCC2C3CC=C4CC(OC(=O)NCCN(C)C)CC[C@]4(C)C3CC[C@]12C. The zero-order chi connectivity index (χ0) is 23.8. The lowest BCUT2D eigenvalue weighted by Crippen LogP contribution is -2.51. The van der Waals surface area contributed by atoms with Crippen LogP contribution in [0.15, 0.2) is 11.6 Å². The van der Waals surface area contributed by atoms with E-state index in [1.165, 1.54) is 51.4 Å². The summed E-state index contributed by atoms with van der Waals surface area (Å²) in [6.07, 6.45) is 15.2. The van der Waals surface area contributed by atoms with Crippen molar-refractivity contribution in [3.63, 3.8) is 0 Å². The van der Waals surface area contributed by atoms with Gasteiger partial charge in [-0.3, -0.25) is 0 Å². The molecule has 0 aromatic carbocycles. The van der Waals surface area contributed by atoms with Gasteiger partial charge in [-0.25, -0.2) is 4.79 Å². The molecule has 4 heteroatoms. The molecular weight excluding hydrogens is 408 g/mol. The molecule has 0 bridgehead atoms. The van der Waals surface area contributed by atoms with Crippen molar-refractivity contribution >= 4 is 6.09 Å². The van der Waals surface area contributed by atoms with E-state index in [0.717, 1.165) is 49.0 Å². The number of nitrogens with zero attached hydrogens (tertiary/aromatic N) is 1. The molecule has 0 aliphatic heterocycles. The van der Waals surface area contributed by atoms with Gasteiger partial charge in [0.2, 0.25) is 0 Å². The summed E-state index contributed by atoms with van der Waals surface area (Å²) in [5.41, 5.74) is 2.47. The molecule has 6 unspecified atom stereocenters. The highest BCUT2D eigenvalue weighted by atomic mass is 16.6. The van der Waals surface area contributed by atoms with Gasteiger partial charge >= 0.3 is 6.09 Å². The van der Waals surface area contributed by atoms with Crippen LogP contribution in [0.5, 0.6) is 0 Å². The highest BCUT2D eigenvalue weighted by Crippen LogP contribution is 2.67. The molecule has 0 spiro atoms. The van der Waals surface area contributed by atoms with Crippen LogP contribution >= 0.6 is 0 Å². The smallest absolute Gasteiger partial charge is 0.407 e. The van der Waals surface area contributed by atoms with Crippen molar-refractivity contribution in [3.05, 3.63) is 11.6 Å². The van der Waals surface area contributed by atoms with Crippen molar-refractivity contribution in [2.45, 2.75) is 98.0 Å². The third kappa shape index (κ3) is 4.75. The third-order valence-corrected chi connectivity index (χ3v) is 10.7. The molecule has 0 heterocycles. The van der Waals surface area contributed by atoms with Crippen LogP contribution in [0.2, 0.25) is 0 Å². The van der Waals surface area contributed by atoms with E-state index in [4.69, 9.17) is 4.74 Å². The lowest BCUT2D eigenvalue weighted by Gasteiger charge is -2.58.